The van der Waals surface area contributed by atoms with Crippen molar-refractivity contribution in [1.82, 2.24) is 26.2 Å². The van der Waals surface area contributed by atoms with E-state index in [0.29, 0.717) is 5.56 Å². The van der Waals surface area contributed by atoms with Crippen molar-refractivity contribution in [2.75, 3.05) is 13.1 Å². The zero-order valence-electron chi connectivity index (χ0n) is 32.4. The third kappa shape index (κ3) is 12.8. The molecule has 298 valence electrons. The van der Waals surface area contributed by atoms with Gasteiger partial charge in [-0.2, -0.15) is 0 Å². The summed E-state index contributed by atoms with van der Waals surface area (Å²) in [6.07, 6.45) is 5.02. The highest BCUT2D eigenvalue weighted by atomic mass is 16.6. The second kappa shape index (κ2) is 18.2. The molecule has 5 atom stereocenters. The van der Waals surface area contributed by atoms with Gasteiger partial charge in [-0.15, -0.1) is 0 Å². The number of hydrogen-bond donors (Lipinski definition) is 5. The number of Topliss-reactive ketones (excluding diaryl/α,β-unsaturated/α-hetero) is 1. The number of hydrogen-bond acceptors (Lipinski definition) is 9. The number of amides is 6. The summed E-state index contributed by atoms with van der Waals surface area (Å²) in [5, 5.41) is 10.3. The maximum absolute atomic E-state index is 14.5. The number of ketones is 1. The van der Waals surface area contributed by atoms with E-state index < -0.39 is 89.4 Å². The molecule has 6 N–H and O–H groups in total. The fourth-order valence-electron chi connectivity index (χ4n) is 7.11. The van der Waals surface area contributed by atoms with Gasteiger partial charge in [0.25, 0.3) is 5.91 Å². The Morgan fingerprint density at radius 2 is 1.50 bits per heavy atom. The van der Waals surface area contributed by atoms with E-state index in [-0.39, 0.29) is 31.2 Å². The van der Waals surface area contributed by atoms with E-state index in [1.54, 1.807) is 51.1 Å². The zero-order valence-corrected chi connectivity index (χ0v) is 32.4. The SMILES string of the molecule is CC(C)(C)OC(=O)N[C@H](C(=O)N1C[C@H](OC(C)(C)C)C[C@H]1C(=O)NC(CC1CC1)C(=O)C(=O)NCC(=O)N[C@H](C(N)=O)c1ccccc1)C1CCCCC1. The molecular weight excluding hydrogens is 696 g/mol. The van der Waals surface area contributed by atoms with Crippen LogP contribution in [0.25, 0.3) is 0 Å². The molecule has 1 heterocycles. The number of alkyl carbamates (subject to hydrolysis) is 1. The van der Waals surface area contributed by atoms with Gasteiger partial charge in [0.1, 0.15) is 23.7 Å². The highest BCUT2D eigenvalue weighted by molar-refractivity contribution is 6.38. The lowest BCUT2D eigenvalue weighted by Gasteiger charge is -2.35. The van der Waals surface area contributed by atoms with Gasteiger partial charge >= 0.3 is 6.09 Å². The summed E-state index contributed by atoms with van der Waals surface area (Å²) in [6, 6.07) is 3.98. The number of likely N-dealkylation sites (tertiary alicyclic amines) is 1. The number of nitrogens with one attached hydrogen (secondary N) is 4. The first-order chi connectivity index (χ1) is 25.3. The fraction of sp³-hybridized carbons (Fsp3) is 0.667. The van der Waals surface area contributed by atoms with Gasteiger partial charge in [-0.25, -0.2) is 4.79 Å². The Labute approximate surface area is 317 Å². The van der Waals surface area contributed by atoms with E-state index in [1.807, 2.05) is 20.8 Å². The van der Waals surface area contributed by atoms with Crippen LogP contribution in [0.5, 0.6) is 0 Å². The van der Waals surface area contributed by atoms with Crippen LogP contribution in [-0.4, -0.2) is 94.8 Å². The maximum atomic E-state index is 14.5. The highest BCUT2D eigenvalue weighted by Crippen LogP contribution is 2.34. The van der Waals surface area contributed by atoms with Crippen LogP contribution in [0.15, 0.2) is 30.3 Å². The molecule has 0 aromatic heterocycles. The number of rotatable bonds is 15. The normalized spacial score (nSPS) is 20.9. The number of carbonyl (C=O) groups excluding carboxylic acids is 7. The second-order valence-corrected chi connectivity index (χ2v) is 16.7. The van der Waals surface area contributed by atoms with Gasteiger partial charge in [-0.05, 0) is 78.2 Å². The lowest BCUT2D eigenvalue weighted by molar-refractivity contribution is -0.144. The number of nitrogens with two attached hydrogens (primary N) is 1. The lowest BCUT2D eigenvalue weighted by Crippen LogP contribution is -2.58. The molecule has 1 aromatic carbocycles. The van der Waals surface area contributed by atoms with Crippen LogP contribution in [0, 0.1) is 11.8 Å². The van der Waals surface area contributed by atoms with Gasteiger partial charge in [-0.1, -0.05) is 62.4 Å². The summed E-state index contributed by atoms with van der Waals surface area (Å²) < 4.78 is 11.8. The standard InChI is InChI=1S/C39H58N6O9/c1-38(2,3)53-26-20-28(45(22-26)36(51)31(25-15-11-8-12-16-25)44-37(52)54-39(4,5)6)34(49)42-27(19-23-17-18-23)32(47)35(50)41-21-29(46)43-30(33(40)48)24-13-9-7-10-14-24/h7,9-10,13-14,23,25-28,30-31H,8,11-12,15-22H2,1-6H3,(H2,40,48)(H,41,50)(H,42,49)(H,43,46)(H,44,52)/t26-,27?,28+,30+,31+/m1/s1. The molecule has 6 amide bonds. The Morgan fingerprint density at radius 1 is 0.852 bits per heavy atom. The summed E-state index contributed by atoms with van der Waals surface area (Å²) in [6.45, 7) is 10.3. The summed E-state index contributed by atoms with van der Waals surface area (Å²) in [5.74, 6) is -4.69. The quantitative estimate of drug-likeness (QED) is 0.166. The minimum atomic E-state index is -1.22. The van der Waals surface area contributed by atoms with Crippen LogP contribution < -0.4 is 27.0 Å². The number of primary amides is 1. The molecule has 4 rings (SSSR count). The average molecular weight is 755 g/mol. The summed E-state index contributed by atoms with van der Waals surface area (Å²) in [5.41, 5.74) is 4.56. The van der Waals surface area contributed by atoms with Crippen molar-refractivity contribution >= 4 is 41.4 Å². The highest BCUT2D eigenvalue weighted by Gasteiger charge is 2.46. The molecule has 0 spiro atoms. The number of nitrogens with zero attached hydrogens (tertiary/aromatic N) is 1. The van der Waals surface area contributed by atoms with Gasteiger partial charge in [0, 0.05) is 13.0 Å². The van der Waals surface area contributed by atoms with Crippen LogP contribution in [0.3, 0.4) is 0 Å². The van der Waals surface area contributed by atoms with Crippen molar-refractivity contribution in [3.63, 3.8) is 0 Å². The molecule has 1 unspecified atom stereocenters. The molecule has 2 saturated carbocycles. The molecule has 0 bridgehead atoms. The van der Waals surface area contributed by atoms with Gasteiger partial charge < -0.3 is 41.4 Å². The molecule has 15 nitrogen and oxygen atoms in total. The Morgan fingerprint density at radius 3 is 2.07 bits per heavy atom. The molecule has 1 saturated heterocycles. The van der Waals surface area contributed by atoms with Gasteiger partial charge in [-0.3, -0.25) is 28.8 Å². The fourth-order valence-corrected chi connectivity index (χ4v) is 7.11. The largest absolute Gasteiger partial charge is 0.444 e. The number of benzene rings is 1. The van der Waals surface area contributed by atoms with Gasteiger partial charge in [0.2, 0.25) is 29.4 Å². The number of carbonyl (C=O) groups is 7. The molecule has 2 aliphatic carbocycles. The maximum Gasteiger partial charge on any atom is 0.408 e. The smallest absolute Gasteiger partial charge is 0.408 e. The molecule has 1 aromatic rings. The van der Waals surface area contributed by atoms with Crippen LogP contribution >= 0.6 is 0 Å². The van der Waals surface area contributed by atoms with E-state index in [0.717, 1.165) is 44.9 Å². The van der Waals surface area contributed by atoms with Crippen molar-refractivity contribution in [3.8, 4) is 0 Å². The predicted molar refractivity (Wildman–Crippen MR) is 198 cm³/mol. The van der Waals surface area contributed by atoms with Crippen LogP contribution in [0.4, 0.5) is 4.79 Å². The van der Waals surface area contributed by atoms with E-state index in [2.05, 4.69) is 21.3 Å². The summed E-state index contributed by atoms with van der Waals surface area (Å²) in [7, 11) is 0. The van der Waals surface area contributed by atoms with Crippen LogP contribution in [0.2, 0.25) is 0 Å². The Balaban J connectivity index is 1.49. The van der Waals surface area contributed by atoms with Crippen molar-refractivity contribution in [3.05, 3.63) is 35.9 Å². The molecular formula is C39H58N6O9. The Hall–Kier alpha value is -4.53. The molecule has 0 radical (unpaired) electrons. The third-order valence-corrected chi connectivity index (χ3v) is 9.68. The van der Waals surface area contributed by atoms with Crippen LogP contribution in [0.1, 0.15) is 111 Å². The first-order valence-corrected chi connectivity index (χ1v) is 19.0. The monoisotopic (exact) mass is 754 g/mol. The molecule has 3 aliphatic rings. The van der Waals surface area contributed by atoms with Crippen molar-refractivity contribution < 1.29 is 43.0 Å². The van der Waals surface area contributed by atoms with Crippen molar-refractivity contribution in [1.29, 1.82) is 0 Å². The minimum absolute atomic E-state index is 0.0829. The molecule has 15 heteroatoms. The van der Waals surface area contributed by atoms with Crippen molar-refractivity contribution in [2.45, 2.75) is 141 Å². The minimum Gasteiger partial charge on any atom is -0.444 e. The first-order valence-electron chi connectivity index (χ1n) is 19.0. The first kappa shape index (κ1) is 42.2. The lowest BCUT2D eigenvalue weighted by atomic mass is 9.83. The molecule has 3 fully saturated rings. The third-order valence-electron chi connectivity index (χ3n) is 9.68. The van der Waals surface area contributed by atoms with Crippen molar-refractivity contribution in [2.24, 2.45) is 17.6 Å². The number of ether oxygens (including phenoxy) is 2. The Bertz CT molecular complexity index is 1530. The van der Waals surface area contributed by atoms with E-state index in [4.69, 9.17) is 15.2 Å². The van der Waals surface area contributed by atoms with E-state index >= 15 is 0 Å². The molecule has 54 heavy (non-hydrogen) atoms. The predicted octanol–water partition coefficient (Wildman–Crippen LogP) is 2.56. The summed E-state index contributed by atoms with van der Waals surface area (Å²) >= 11 is 0. The van der Waals surface area contributed by atoms with Crippen LogP contribution in [-0.2, 0) is 38.2 Å². The second-order valence-electron chi connectivity index (χ2n) is 16.7. The molecule has 1 aliphatic heterocycles. The topological polar surface area (TPSA) is 215 Å². The summed E-state index contributed by atoms with van der Waals surface area (Å²) in [4.78, 5) is 94.4. The zero-order chi connectivity index (χ0) is 39.8. The Kier molecular flexibility index (Phi) is 14.2. The average Bonchev–Trinajstić information content (AvgIpc) is 3.82. The van der Waals surface area contributed by atoms with Gasteiger partial charge in [0.05, 0.1) is 24.3 Å². The van der Waals surface area contributed by atoms with E-state index in [9.17, 15) is 33.6 Å². The van der Waals surface area contributed by atoms with E-state index in [1.165, 1.54) is 4.90 Å². The van der Waals surface area contributed by atoms with Gasteiger partial charge in [0.15, 0.2) is 0 Å².